The van der Waals surface area contributed by atoms with E-state index in [2.05, 4.69) is 5.32 Å². The molecule has 118 valence electrons. The van der Waals surface area contributed by atoms with E-state index in [1.807, 2.05) is 0 Å². The van der Waals surface area contributed by atoms with Crippen molar-refractivity contribution in [2.24, 2.45) is 5.73 Å². The Hall–Kier alpha value is -1.56. The number of hydrogen-bond donors (Lipinski definition) is 2. The van der Waals surface area contributed by atoms with Gasteiger partial charge in [-0.2, -0.15) is 13.2 Å². The molecule has 6 heteroatoms. The van der Waals surface area contributed by atoms with Crippen LogP contribution in [0.5, 0.6) is 0 Å². The van der Waals surface area contributed by atoms with Crippen molar-refractivity contribution in [3.63, 3.8) is 0 Å². The van der Waals surface area contributed by atoms with Crippen molar-refractivity contribution in [3.8, 4) is 0 Å². The maximum absolute atomic E-state index is 12.5. The van der Waals surface area contributed by atoms with Crippen LogP contribution in [0, 0.1) is 0 Å². The van der Waals surface area contributed by atoms with Crippen LogP contribution >= 0.6 is 0 Å². The lowest BCUT2D eigenvalue weighted by Crippen LogP contribution is -2.26. The summed E-state index contributed by atoms with van der Waals surface area (Å²) >= 11 is 0. The van der Waals surface area contributed by atoms with E-state index in [1.54, 1.807) is 6.92 Å². The highest BCUT2D eigenvalue weighted by molar-refractivity contribution is 5.76. The van der Waals surface area contributed by atoms with Crippen LogP contribution in [0.3, 0.4) is 0 Å². The molecule has 1 aromatic rings. The summed E-state index contributed by atoms with van der Waals surface area (Å²) in [6.07, 6.45) is -1.37. The second-order valence-corrected chi connectivity index (χ2v) is 5.01. The number of carbonyl (C=O) groups excluding carboxylic acids is 1. The van der Waals surface area contributed by atoms with E-state index in [4.69, 9.17) is 5.73 Å². The Morgan fingerprint density at radius 3 is 2.33 bits per heavy atom. The van der Waals surface area contributed by atoms with Crippen molar-refractivity contribution >= 4 is 5.91 Å². The molecule has 1 unspecified atom stereocenters. The van der Waals surface area contributed by atoms with E-state index in [0.717, 1.165) is 31.4 Å². The van der Waals surface area contributed by atoms with Gasteiger partial charge in [-0.3, -0.25) is 4.79 Å². The van der Waals surface area contributed by atoms with Gasteiger partial charge < -0.3 is 11.1 Å². The molecule has 1 rings (SSSR count). The Kier molecular flexibility index (Phi) is 6.68. The molecule has 1 amide bonds. The SMILES string of the molecule is CC(NC(=O)CCCCCN)c1ccc(C(F)(F)F)cc1. The Labute approximate surface area is 122 Å². The van der Waals surface area contributed by atoms with Crippen molar-refractivity contribution in [2.45, 2.75) is 44.8 Å². The summed E-state index contributed by atoms with van der Waals surface area (Å²) in [6.45, 7) is 2.37. The molecule has 0 spiro atoms. The summed E-state index contributed by atoms with van der Waals surface area (Å²) in [7, 11) is 0. The number of nitrogens with one attached hydrogen (secondary N) is 1. The zero-order valence-corrected chi connectivity index (χ0v) is 12.0. The largest absolute Gasteiger partial charge is 0.416 e. The lowest BCUT2D eigenvalue weighted by atomic mass is 10.1. The van der Waals surface area contributed by atoms with E-state index in [0.29, 0.717) is 18.5 Å². The lowest BCUT2D eigenvalue weighted by Gasteiger charge is -2.15. The molecule has 1 atom stereocenters. The zero-order chi connectivity index (χ0) is 15.9. The number of unbranched alkanes of at least 4 members (excludes halogenated alkanes) is 2. The molecule has 0 radical (unpaired) electrons. The normalized spacial score (nSPS) is 13.0. The quantitative estimate of drug-likeness (QED) is 0.758. The van der Waals surface area contributed by atoms with Gasteiger partial charge in [0.25, 0.3) is 0 Å². The minimum Gasteiger partial charge on any atom is -0.350 e. The Bertz CT molecular complexity index is 443. The fourth-order valence-electron chi connectivity index (χ4n) is 1.96. The summed E-state index contributed by atoms with van der Waals surface area (Å²) in [5.74, 6) is -0.0978. The van der Waals surface area contributed by atoms with Crippen LogP contribution < -0.4 is 11.1 Å². The topological polar surface area (TPSA) is 55.1 Å². The molecule has 3 nitrogen and oxygen atoms in total. The standard InChI is InChI=1S/C15H21F3N2O/c1-11(20-14(21)5-3-2-4-10-19)12-6-8-13(9-7-12)15(16,17)18/h6-9,11H,2-5,10,19H2,1H3,(H,20,21). The highest BCUT2D eigenvalue weighted by Crippen LogP contribution is 2.29. The molecule has 0 saturated heterocycles. The van der Waals surface area contributed by atoms with Gasteiger partial charge in [-0.1, -0.05) is 18.6 Å². The minimum absolute atomic E-state index is 0.0978. The monoisotopic (exact) mass is 302 g/mol. The Morgan fingerprint density at radius 1 is 1.19 bits per heavy atom. The summed E-state index contributed by atoms with van der Waals surface area (Å²) in [6, 6.07) is 4.53. The van der Waals surface area contributed by atoms with E-state index >= 15 is 0 Å². The molecule has 0 aliphatic heterocycles. The maximum Gasteiger partial charge on any atom is 0.416 e. The van der Waals surface area contributed by atoms with Crippen molar-refractivity contribution in [1.82, 2.24) is 5.32 Å². The highest BCUT2D eigenvalue weighted by Gasteiger charge is 2.30. The van der Waals surface area contributed by atoms with Crippen LogP contribution in [0.1, 0.15) is 49.8 Å². The van der Waals surface area contributed by atoms with Crippen LogP contribution in [-0.2, 0) is 11.0 Å². The van der Waals surface area contributed by atoms with Crippen LogP contribution in [0.15, 0.2) is 24.3 Å². The Balaban J connectivity index is 2.48. The third-order valence-corrected chi connectivity index (χ3v) is 3.22. The van der Waals surface area contributed by atoms with Crippen LogP contribution in [0.2, 0.25) is 0 Å². The van der Waals surface area contributed by atoms with Crippen molar-refractivity contribution in [1.29, 1.82) is 0 Å². The van der Waals surface area contributed by atoms with Gasteiger partial charge >= 0.3 is 6.18 Å². The molecular weight excluding hydrogens is 281 g/mol. The first-order chi connectivity index (χ1) is 9.84. The predicted octanol–water partition coefficient (Wildman–Crippen LogP) is 3.40. The molecular formula is C15H21F3N2O. The number of alkyl halides is 3. The highest BCUT2D eigenvalue weighted by atomic mass is 19.4. The molecule has 0 saturated carbocycles. The summed E-state index contributed by atoms with van der Waals surface area (Å²) in [4.78, 5) is 11.7. The summed E-state index contributed by atoms with van der Waals surface area (Å²) in [5.41, 5.74) is 5.33. The number of rotatable bonds is 7. The van der Waals surface area contributed by atoms with E-state index in [-0.39, 0.29) is 11.9 Å². The third kappa shape index (κ3) is 6.16. The molecule has 0 heterocycles. The first-order valence-corrected chi connectivity index (χ1v) is 7.01. The van der Waals surface area contributed by atoms with Crippen molar-refractivity contribution < 1.29 is 18.0 Å². The third-order valence-electron chi connectivity index (χ3n) is 3.22. The van der Waals surface area contributed by atoms with Gasteiger partial charge in [-0.15, -0.1) is 0 Å². The van der Waals surface area contributed by atoms with Crippen LogP contribution in [-0.4, -0.2) is 12.5 Å². The molecule has 0 aliphatic rings. The molecule has 0 bridgehead atoms. The first kappa shape index (κ1) is 17.5. The fourth-order valence-corrected chi connectivity index (χ4v) is 1.96. The van der Waals surface area contributed by atoms with Gasteiger partial charge in [0.1, 0.15) is 0 Å². The lowest BCUT2D eigenvalue weighted by molar-refractivity contribution is -0.137. The summed E-state index contributed by atoms with van der Waals surface area (Å²) in [5, 5.41) is 2.78. The van der Waals surface area contributed by atoms with Gasteiger partial charge in [-0.05, 0) is 44.0 Å². The molecule has 0 fully saturated rings. The van der Waals surface area contributed by atoms with E-state index in [9.17, 15) is 18.0 Å². The molecule has 0 aromatic heterocycles. The molecule has 0 aliphatic carbocycles. The van der Waals surface area contributed by atoms with Crippen molar-refractivity contribution in [3.05, 3.63) is 35.4 Å². The van der Waals surface area contributed by atoms with E-state index < -0.39 is 11.7 Å². The number of nitrogens with two attached hydrogens (primary N) is 1. The molecule has 3 N–H and O–H groups in total. The first-order valence-electron chi connectivity index (χ1n) is 7.01. The van der Waals surface area contributed by atoms with Gasteiger partial charge in [-0.25, -0.2) is 0 Å². The van der Waals surface area contributed by atoms with Gasteiger partial charge in [0.05, 0.1) is 11.6 Å². The fraction of sp³-hybridized carbons (Fsp3) is 0.533. The minimum atomic E-state index is -4.34. The zero-order valence-electron chi connectivity index (χ0n) is 12.0. The number of halogens is 3. The maximum atomic E-state index is 12.5. The average Bonchev–Trinajstić information content (AvgIpc) is 2.43. The predicted molar refractivity (Wildman–Crippen MR) is 75.5 cm³/mol. The Morgan fingerprint density at radius 2 is 1.81 bits per heavy atom. The summed E-state index contributed by atoms with van der Waals surface area (Å²) < 4.78 is 37.4. The van der Waals surface area contributed by atoms with Gasteiger partial charge in [0.2, 0.25) is 5.91 Å². The van der Waals surface area contributed by atoms with Crippen LogP contribution in [0.4, 0.5) is 13.2 Å². The van der Waals surface area contributed by atoms with Crippen molar-refractivity contribution in [2.75, 3.05) is 6.54 Å². The number of hydrogen-bond acceptors (Lipinski definition) is 2. The van der Waals surface area contributed by atoms with Gasteiger partial charge in [0.15, 0.2) is 0 Å². The number of benzene rings is 1. The number of amides is 1. The second kappa shape index (κ2) is 8.02. The van der Waals surface area contributed by atoms with Crippen LogP contribution in [0.25, 0.3) is 0 Å². The second-order valence-electron chi connectivity index (χ2n) is 5.01. The number of carbonyl (C=O) groups is 1. The molecule has 21 heavy (non-hydrogen) atoms. The molecule has 1 aromatic carbocycles. The van der Waals surface area contributed by atoms with Gasteiger partial charge in [0, 0.05) is 6.42 Å². The average molecular weight is 302 g/mol. The van der Waals surface area contributed by atoms with E-state index in [1.165, 1.54) is 12.1 Å². The smallest absolute Gasteiger partial charge is 0.350 e.